The molecule has 0 saturated carbocycles. The fourth-order valence-electron chi connectivity index (χ4n) is 2.40. The molecule has 3 rings (SSSR count). The molecule has 0 aromatic carbocycles. The van der Waals surface area contributed by atoms with Crippen LogP contribution in [0.25, 0.3) is 11.5 Å². The van der Waals surface area contributed by atoms with Gasteiger partial charge in [-0.15, -0.1) is 0 Å². The highest BCUT2D eigenvalue weighted by atomic mass is 16.5. The summed E-state index contributed by atoms with van der Waals surface area (Å²) < 4.78 is 11.2. The molecular formula is C14H19N3O2. The van der Waals surface area contributed by atoms with Crippen LogP contribution in [0, 0.1) is 6.92 Å². The van der Waals surface area contributed by atoms with E-state index in [9.17, 15) is 0 Å². The van der Waals surface area contributed by atoms with Gasteiger partial charge in [0.15, 0.2) is 5.76 Å². The molecule has 0 amide bonds. The zero-order valence-electron chi connectivity index (χ0n) is 11.1. The van der Waals surface area contributed by atoms with Gasteiger partial charge in [-0.1, -0.05) is 0 Å². The maximum atomic E-state index is 5.62. The van der Waals surface area contributed by atoms with Crippen molar-refractivity contribution < 1.29 is 9.15 Å². The molecule has 1 aliphatic rings. The highest BCUT2D eigenvalue weighted by molar-refractivity contribution is 5.56. The van der Waals surface area contributed by atoms with E-state index in [0.717, 1.165) is 48.9 Å². The lowest BCUT2D eigenvalue weighted by molar-refractivity contribution is 0.110. The third kappa shape index (κ3) is 2.88. The predicted molar refractivity (Wildman–Crippen MR) is 71.7 cm³/mol. The van der Waals surface area contributed by atoms with E-state index in [1.165, 1.54) is 6.42 Å². The lowest BCUT2D eigenvalue weighted by Crippen LogP contribution is -2.25. The lowest BCUT2D eigenvalue weighted by Gasteiger charge is -2.10. The Balaban J connectivity index is 1.60. The van der Waals surface area contributed by atoms with Crippen LogP contribution in [-0.2, 0) is 11.3 Å². The van der Waals surface area contributed by atoms with Gasteiger partial charge in [-0.3, -0.25) is 5.10 Å². The summed E-state index contributed by atoms with van der Waals surface area (Å²) in [5, 5.41) is 10.5. The van der Waals surface area contributed by atoms with E-state index in [1.807, 2.05) is 25.3 Å². The first-order valence-corrected chi connectivity index (χ1v) is 6.74. The number of furan rings is 1. The fraction of sp³-hybridized carbons (Fsp3) is 0.500. The van der Waals surface area contributed by atoms with Crippen molar-refractivity contribution in [3.63, 3.8) is 0 Å². The van der Waals surface area contributed by atoms with Gasteiger partial charge in [0, 0.05) is 25.3 Å². The summed E-state index contributed by atoms with van der Waals surface area (Å²) in [5.74, 6) is 1.74. The van der Waals surface area contributed by atoms with Crippen LogP contribution in [0.5, 0.6) is 0 Å². The number of H-pyrrole nitrogens is 1. The van der Waals surface area contributed by atoms with Gasteiger partial charge in [0.25, 0.3) is 0 Å². The molecule has 0 aliphatic carbocycles. The minimum absolute atomic E-state index is 0.362. The van der Waals surface area contributed by atoms with Crippen LogP contribution >= 0.6 is 0 Å². The van der Waals surface area contributed by atoms with Crippen molar-refractivity contribution in [1.82, 2.24) is 15.5 Å². The maximum absolute atomic E-state index is 5.62. The number of aromatic nitrogens is 2. The van der Waals surface area contributed by atoms with Crippen molar-refractivity contribution in [1.29, 1.82) is 0 Å². The van der Waals surface area contributed by atoms with Gasteiger partial charge in [-0.2, -0.15) is 5.10 Å². The number of hydrogen-bond donors (Lipinski definition) is 2. The van der Waals surface area contributed by atoms with Gasteiger partial charge in [-0.05, 0) is 31.9 Å². The molecule has 1 fully saturated rings. The minimum atomic E-state index is 0.362. The summed E-state index contributed by atoms with van der Waals surface area (Å²) in [6.45, 7) is 4.50. The molecule has 19 heavy (non-hydrogen) atoms. The number of nitrogens with one attached hydrogen (secondary N) is 2. The van der Waals surface area contributed by atoms with Crippen LogP contribution in [0.1, 0.15) is 24.2 Å². The topological polar surface area (TPSA) is 63.1 Å². The highest BCUT2D eigenvalue weighted by Crippen LogP contribution is 2.23. The first-order chi connectivity index (χ1) is 9.33. The van der Waals surface area contributed by atoms with Gasteiger partial charge >= 0.3 is 0 Å². The highest BCUT2D eigenvalue weighted by Gasteiger charge is 2.16. The van der Waals surface area contributed by atoms with Gasteiger partial charge in [0.1, 0.15) is 11.5 Å². The molecule has 1 aliphatic heterocycles. The number of nitrogens with zero attached hydrogens (tertiary/aromatic N) is 1. The Morgan fingerprint density at radius 1 is 1.47 bits per heavy atom. The van der Waals surface area contributed by atoms with Crippen LogP contribution in [0.3, 0.4) is 0 Å². The van der Waals surface area contributed by atoms with E-state index in [1.54, 1.807) is 0 Å². The summed E-state index contributed by atoms with van der Waals surface area (Å²) in [7, 11) is 0. The van der Waals surface area contributed by atoms with E-state index in [0.29, 0.717) is 6.10 Å². The van der Waals surface area contributed by atoms with E-state index in [-0.39, 0.29) is 0 Å². The quantitative estimate of drug-likeness (QED) is 0.866. The molecule has 0 bridgehead atoms. The second-order valence-electron chi connectivity index (χ2n) is 4.95. The Kier molecular flexibility index (Phi) is 3.66. The first-order valence-electron chi connectivity index (χ1n) is 6.74. The SMILES string of the molecule is Cc1ccc(-c2[nH]ncc2CNC[C@H]2CCCO2)o1. The van der Waals surface area contributed by atoms with Gasteiger partial charge in [0.2, 0.25) is 0 Å². The van der Waals surface area contributed by atoms with Crippen molar-refractivity contribution in [2.45, 2.75) is 32.4 Å². The standard InChI is InChI=1S/C14H19N3O2/c1-10-4-5-13(19-10)14-11(8-16-17-14)7-15-9-12-3-2-6-18-12/h4-5,8,12,15H,2-3,6-7,9H2,1H3,(H,16,17)/t12-/m1/s1. The second-order valence-corrected chi connectivity index (χ2v) is 4.95. The third-order valence-electron chi connectivity index (χ3n) is 3.42. The van der Waals surface area contributed by atoms with E-state index < -0.39 is 0 Å². The van der Waals surface area contributed by atoms with E-state index >= 15 is 0 Å². The molecule has 2 aromatic heterocycles. The molecule has 102 valence electrons. The first kappa shape index (κ1) is 12.4. The smallest absolute Gasteiger partial charge is 0.152 e. The summed E-state index contributed by atoms with van der Waals surface area (Å²) in [6.07, 6.45) is 4.54. The Labute approximate surface area is 112 Å². The summed E-state index contributed by atoms with van der Waals surface area (Å²) in [5.41, 5.74) is 2.07. The molecule has 0 spiro atoms. The van der Waals surface area contributed by atoms with Crippen LogP contribution in [0.15, 0.2) is 22.7 Å². The maximum Gasteiger partial charge on any atom is 0.152 e. The summed E-state index contributed by atoms with van der Waals surface area (Å²) in [6, 6.07) is 3.92. The molecule has 3 heterocycles. The Bertz CT molecular complexity index is 526. The van der Waals surface area contributed by atoms with Gasteiger partial charge in [-0.25, -0.2) is 0 Å². The second kappa shape index (κ2) is 5.59. The Hall–Kier alpha value is -1.59. The number of aryl methyl sites for hydroxylation is 1. The van der Waals surface area contributed by atoms with Crippen LogP contribution in [0.4, 0.5) is 0 Å². The van der Waals surface area contributed by atoms with Crippen LogP contribution < -0.4 is 5.32 Å². The molecule has 1 atom stereocenters. The number of ether oxygens (including phenoxy) is 1. The molecule has 0 radical (unpaired) electrons. The van der Waals surface area contributed by atoms with Crippen LogP contribution in [0.2, 0.25) is 0 Å². The number of hydrogen-bond acceptors (Lipinski definition) is 4. The van der Waals surface area contributed by atoms with Gasteiger partial charge in [0.05, 0.1) is 12.3 Å². The average molecular weight is 261 g/mol. The molecule has 1 saturated heterocycles. The van der Waals surface area contributed by atoms with Crippen molar-refractivity contribution in [3.05, 3.63) is 29.7 Å². The largest absolute Gasteiger partial charge is 0.460 e. The molecule has 2 aromatic rings. The zero-order valence-corrected chi connectivity index (χ0v) is 11.1. The summed E-state index contributed by atoms with van der Waals surface area (Å²) in [4.78, 5) is 0. The molecular weight excluding hydrogens is 242 g/mol. The lowest BCUT2D eigenvalue weighted by atomic mass is 10.2. The monoisotopic (exact) mass is 261 g/mol. The molecule has 5 heteroatoms. The molecule has 5 nitrogen and oxygen atoms in total. The van der Waals surface area contributed by atoms with Crippen molar-refractivity contribution in [3.8, 4) is 11.5 Å². The summed E-state index contributed by atoms with van der Waals surface area (Å²) >= 11 is 0. The Morgan fingerprint density at radius 3 is 3.16 bits per heavy atom. The van der Waals surface area contributed by atoms with E-state index in [2.05, 4.69) is 15.5 Å². The third-order valence-corrected chi connectivity index (χ3v) is 3.42. The molecule has 2 N–H and O–H groups in total. The Morgan fingerprint density at radius 2 is 2.42 bits per heavy atom. The minimum Gasteiger partial charge on any atom is -0.460 e. The predicted octanol–water partition coefficient (Wildman–Crippen LogP) is 2.25. The normalized spacial score (nSPS) is 19.1. The number of aromatic amines is 1. The van der Waals surface area contributed by atoms with Crippen molar-refractivity contribution in [2.24, 2.45) is 0 Å². The van der Waals surface area contributed by atoms with Gasteiger partial charge < -0.3 is 14.5 Å². The zero-order chi connectivity index (χ0) is 13.1. The van der Waals surface area contributed by atoms with Crippen LogP contribution in [-0.4, -0.2) is 29.5 Å². The number of rotatable bonds is 5. The fourth-order valence-corrected chi connectivity index (χ4v) is 2.40. The molecule has 0 unspecified atom stereocenters. The van der Waals surface area contributed by atoms with E-state index in [4.69, 9.17) is 9.15 Å². The van der Waals surface area contributed by atoms with Crippen molar-refractivity contribution in [2.75, 3.05) is 13.2 Å². The average Bonchev–Trinajstić information content (AvgIpc) is 3.10. The van der Waals surface area contributed by atoms with Crippen molar-refractivity contribution >= 4 is 0 Å².